The number of aliphatic hydroxyl groups excluding tert-OH is 1. The second-order valence-electron chi connectivity index (χ2n) is 6.76. The first kappa shape index (κ1) is 20.7. The van der Waals surface area contributed by atoms with Crippen molar-refractivity contribution in [1.82, 2.24) is 10.3 Å². The molecular formula is C22H26N2O5. The van der Waals surface area contributed by atoms with E-state index in [9.17, 15) is 9.90 Å². The van der Waals surface area contributed by atoms with E-state index in [1.54, 1.807) is 19.2 Å². The molecule has 29 heavy (non-hydrogen) atoms. The molecule has 2 atom stereocenters. The fraction of sp³-hybridized carbons (Fsp3) is 0.318. The van der Waals surface area contributed by atoms with Gasteiger partial charge in [0.05, 0.1) is 12.5 Å². The van der Waals surface area contributed by atoms with Gasteiger partial charge in [0.1, 0.15) is 25.1 Å². The summed E-state index contributed by atoms with van der Waals surface area (Å²) in [5.41, 5.74) is -0.168. The van der Waals surface area contributed by atoms with Gasteiger partial charge in [-0.3, -0.25) is 4.79 Å². The molecule has 0 spiro atoms. The monoisotopic (exact) mass is 398 g/mol. The molecule has 0 amide bonds. The average Bonchev–Trinajstić information content (AvgIpc) is 2.76. The van der Waals surface area contributed by atoms with Gasteiger partial charge in [-0.2, -0.15) is 0 Å². The van der Waals surface area contributed by atoms with Crippen LogP contribution in [0.5, 0.6) is 17.2 Å². The molecular weight excluding hydrogens is 372 g/mol. The molecule has 2 aromatic carbocycles. The highest BCUT2D eigenvalue weighted by atomic mass is 16.5. The number of nitrogens with one attached hydrogen (secondary N) is 2. The zero-order chi connectivity index (χ0) is 20.6. The Kier molecular flexibility index (Phi) is 7.10. The number of rotatable bonds is 10. The fourth-order valence-corrected chi connectivity index (χ4v) is 2.90. The lowest BCUT2D eigenvalue weighted by Gasteiger charge is -2.19. The molecule has 7 nitrogen and oxygen atoms in total. The molecule has 1 heterocycles. The number of benzene rings is 2. The molecule has 3 N–H and O–H groups in total. The van der Waals surface area contributed by atoms with Gasteiger partial charge in [-0.25, -0.2) is 0 Å². The first-order valence-corrected chi connectivity index (χ1v) is 9.49. The van der Waals surface area contributed by atoms with Gasteiger partial charge in [-0.05, 0) is 25.1 Å². The summed E-state index contributed by atoms with van der Waals surface area (Å²) in [7, 11) is 1.60. The first-order valence-electron chi connectivity index (χ1n) is 9.49. The lowest BCUT2D eigenvalue weighted by molar-refractivity contribution is 0.102. The van der Waals surface area contributed by atoms with Gasteiger partial charge in [-0.15, -0.1) is 0 Å². The topological polar surface area (TPSA) is 92.8 Å². The third-order valence-corrected chi connectivity index (χ3v) is 4.46. The summed E-state index contributed by atoms with van der Waals surface area (Å²) in [6, 6.07) is 14.7. The van der Waals surface area contributed by atoms with Gasteiger partial charge < -0.3 is 29.6 Å². The summed E-state index contributed by atoms with van der Waals surface area (Å²) >= 11 is 0. The van der Waals surface area contributed by atoms with Crippen molar-refractivity contribution in [3.63, 3.8) is 0 Å². The van der Waals surface area contributed by atoms with E-state index in [1.807, 2.05) is 43.3 Å². The Hall–Kier alpha value is -3.03. The summed E-state index contributed by atoms with van der Waals surface area (Å²) < 4.78 is 16.8. The van der Waals surface area contributed by atoms with Crippen molar-refractivity contribution >= 4 is 10.8 Å². The average molecular weight is 398 g/mol. The fourth-order valence-electron chi connectivity index (χ4n) is 2.90. The first-order chi connectivity index (χ1) is 14.1. The van der Waals surface area contributed by atoms with Crippen molar-refractivity contribution in [3.05, 3.63) is 65.1 Å². The van der Waals surface area contributed by atoms with Crippen LogP contribution in [0, 0.1) is 0 Å². The third kappa shape index (κ3) is 5.49. The Labute approximate surface area is 169 Å². The van der Waals surface area contributed by atoms with Crippen molar-refractivity contribution in [3.8, 4) is 17.2 Å². The summed E-state index contributed by atoms with van der Waals surface area (Å²) in [4.78, 5) is 14.5. The van der Waals surface area contributed by atoms with Crippen LogP contribution in [0.25, 0.3) is 10.8 Å². The van der Waals surface area contributed by atoms with E-state index in [2.05, 4.69) is 10.3 Å². The van der Waals surface area contributed by atoms with Gasteiger partial charge in [0.15, 0.2) is 11.5 Å². The zero-order valence-electron chi connectivity index (χ0n) is 16.6. The van der Waals surface area contributed by atoms with Crippen molar-refractivity contribution in [2.24, 2.45) is 0 Å². The van der Waals surface area contributed by atoms with Crippen LogP contribution in [0.3, 0.4) is 0 Å². The van der Waals surface area contributed by atoms with E-state index in [1.165, 1.54) is 6.20 Å². The predicted molar refractivity (Wildman–Crippen MR) is 112 cm³/mol. The maximum Gasteiger partial charge on any atom is 0.256 e. The van der Waals surface area contributed by atoms with Gasteiger partial charge in [0, 0.05) is 24.2 Å². The smallest absolute Gasteiger partial charge is 0.256 e. The largest absolute Gasteiger partial charge is 0.493 e. The molecule has 0 bridgehead atoms. The molecule has 0 unspecified atom stereocenters. The van der Waals surface area contributed by atoms with E-state index in [-0.39, 0.29) is 18.2 Å². The van der Waals surface area contributed by atoms with Gasteiger partial charge in [0.25, 0.3) is 5.56 Å². The Morgan fingerprint density at radius 1 is 0.966 bits per heavy atom. The Morgan fingerprint density at radius 3 is 2.38 bits per heavy atom. The SMILES string of the molecule is COc1ccccc1OC[C@@H](C)NC[C@@H](O)COc1c[nH]c(=O)c2ccccc12. The molecule has 3 rings (SSSR count). The Bertz CT molecular complexity index is 988. The van der Waals surface area contributed by atoms with Gasteiger partial charge >= 0.3 is 0 Å². The maximum atomic E-state index is 11.9. The van der Waals surface area contributed by atoms with Crippen LogP contribution in [0.4, 0.5) is 0 Å². The van der Waals surface area contributed by atoms with Crippen LogP contribution >= 0.6 is 0 Å². The van der Waals surface area contributed by atoms with E-state index in [0.29, 0.717) is 35.8 Å². The summed E-state index contributed by atoms with van der Waals surface area (Å²) in [5.74, 6) is 1.89. The highest BCUT2D eigenvalue weighted by Crippen LogP contribution is 2.25. The molecule has 7 heteroatoms. The van der Waals surface area contributed by atoms with Crippen LogP contribution in [0.2, 0.25) is 0 Å². The number of ether oxygens (including phenoxy) is 3. The minimum absolute atomic E-state index is 0.0171. The van der Waals surface area contributed by atoms with E-state index < -0.39 is 6.10 Å². The highest BCUT2D eigenvalue weighted by molar-refractivity contribution is 5.86. The number of aromatic amines is 1. The lowest BCUT2D eigenvalue weighted by Crippen LogP contribution is -2.39. The third-order valence-electron chi connectivity index (χ3n) is 4.46. The Balaban J connectivity index is 1.46. The number of hydrogen-bond acceptors (Lipinski definition) is 6. The number of hydrogen-bond donors (Lipinski definition) is 3. The molecule has 0 aliphatic carbocycles. The molecule has 0 fully saturated rings. The van der Waals surface area contributed by atoms with Crippen molar-refractivity contribution < 1.29 is 19.3 Å². The van der Waals surface area contributed by atoms with Crippen molar-refractivity contribution in [1.29, 1.82) is 0 Å². The maximum absolute atomic E-state index is 11.9. The minimum atomic E-state index is -0.714. The molecule has 154 valence electrons. The summed E-state index contributed by atoms with van der Waals surface area (Å²) in [6.07, 6.45) is 0.809. The standard InChI is InChI=1S/C22H26N2O5/c1-15(13-28-20-10-6-5-9-19(20)27-2)23-11-16(25)14-29-21-12-24-22(26)18-8-4-3-7-17(18)21/h3-10,12,15-16,23,25H,11,13-14H2,1-2H3,(H,24,26)/t15-,16-/m1/s1. The number of methoxy groups -OCH3 is 1. The second-order valence-corrected chi connectivity index (χ2v) is 6.76. The van der Waals surface area contributed by atoms with Crippen molar-refractivity contribution in [2.45, 2.75) is 19.1 Å². The second kappa shape index (κ2) is 9.95. The summed E-state index contributed by atoms with van der Waals surface area (Å²) in [6.45, 7) is 2.85. The molecule has 0 saturated heterocycles. The van der Waals surface area contributed by atoms with Gasteiger partial charge in [0.2, 0.25) is 0 Å². The van der Waals surface area contributed by atoms with E-state index >= 15 is 0 Å². The van der Waals surface area contributed by atoms with Gasteiger partial charge in [-0.1, -0.05) is 30.3 Å². The number of fused-ring (bicyclic) bond motifs is 1. The van der Waals surface area contributed by atoms with Crippen LogP contribution in [-0.4, -0.2) is 49.1 Å². The molecule has 1 aromatic heterocycles. The van der Waals surface area contributed by atoms with Crippen LogP contribution in [-0.2, 0) is 0 Å². The number of H-pyrrole nitrogens is 1. The number of aliphatic hydroxyl groups is 1. The summed E-state index contributed by atoms with van der Waals surface area (Å²) in [5, 5.41) is 14.7. The van der Waals surface area contributed by atoms with E-state index in [0.717, 1.165) is 5.39 Å². The van der Waals surface area contributed by atoms with Crippen LogP contribution in [0.1, 0.15) is 6.92 Å². The number of para-hydroxylation sites is 2. The minimum Gasteiger partial charge on any atom is -0.493 e. The van der Waals surface area contributed by atoms with Crippen LogP contribution in [0.15, 0.2) is 59.5 Å². The lowest BCUT2D eigenvalue weighted by atomic mass is 10.1. The molecule has 0 aliphatic heterocycles. The Morgan fingerprint density at radius 2 is 1.62 bits per heavy atom. The van der Waals surface area contributed by atoms with Crippen LogP contribution < -0.4 is 25.1 Å². The number of aromatic nitrogens is 1. The predicted octanol–water partition coefficient (Wildman–Crippen LogP) is 2.33. The van der Waals surface area contributed by atoms with Crippen molar-refractivity contribution in [2.75, 3.05) is 26.9 Å². The molecule has 3 aromatic rings. The molecule has 0 aliphatic rings. The van der Waals surface area contributed by atoms with E-state index in [4.69, 9.17) is 14.2 Å². The number of pyridine rings is 1. The molecule has 0 radical (unpaired) electrons. The normalized spacial score (nSPS) is 13.1. The molecule has 0 saturated carbocycles. The zero-order valence-corrected chi connectivity index (χ0v) is 16.6. The highest BCUT2D eigenvalue weighted by Gasteiger charge is 2.12. The quantitative estimate of drug-likeness (QED) is 0.485.